The maximum absolute atomic E-state index is 11.2. The molecule has 0 atom stereocenters. The van der Waals surface area contributed by atoms with E-state index in [4.69, 9.17) is 13.7 Å². The molecular weight excluding hydrogens is 248 g/mol. The third-order valence-electron chi connectivity index (χ3n) is 1.58. The van der Waals surface area contributed by atoms with Gasteiger partial charge in [-0.15, -0.1) is 5.10 Å². The van der Waals surface area contributed by atoms with Crippen molar-refractivity contribution in [3.8, 4) is 0 Å². The van der Waals surface area contributed by atoms with Gasteiger partial charge < -0.3 is 13.7 Å². The molecule has 2 aromatic rings. The van der Waals surface area contributed by atoms with E-state index in [2.05, 4.69) is 20.3 Å². The molecule has 0 radical (unpaired) electrons. The largest absolute Gasteiger partial charge is 0.459 e. The standard InChI is InChI=1S/C8H8N4O4S/c1-2-14-7(13)6-11-12-8(15-6)17-3-5-9-4-10-16-5/h4H,2-3H2,1H3. The predicted octanol–water partition coefficient (Wildman–Crippen LogP) is 0.922. The fraction of sp³-hybridized carbons (Fsp3) is 0.375. The SMILES string of the molecule is CCOC(=O)c1nnc(SCc2ncno2)o1. The van der Waals surface area contributed by atoms with Crippen molar-refractivity contribution in [2.24, 2.45) is 0 Å². The third-order valence-corrected chi connectivity index (χ3v) is 2.39. The summed E-state index contributed by atoms with van der Waals surface area (Å²) in [5, 5.41) is 10.9. The third kappa shape index (κ3) is 3.03. The normalized spacial score (nSPS) is 10.4. The van der Waals surface area contributed by atoms with Crippen molar-refractivity contribution in [3.63, 3.8) is 0 Å². The van der Waals surface area contributed by atoms with Crippen molar-refractivity contribution in [3.05, 3.63) is 18.1 Å². The van der Waals surface area contributed by atoms with Gasteiger partial charge in [-0.25, -0.2) is 4.79 Å². The fourth-order valence-electron chi connectivity index (χ4n) is 0.926. The number of carbonyl (C=O) groups excluding carboxylic acids is 1. The summed E-state index contributed by atoms with van der Waals surface area (Å²) in [6.45, 7) is 1.95. The minimum atomic E-state index is -0.635. The Morgan fingerprint density at radius 1 is 1.53 bits per heavy atom. The number of aromatic nitrogens is 4. The van der Waals surface area contributed by atoms with Crippen LogP contribution in [0.3, 0.4) is 0 Å². The molecule has 0 amide bonds. The monoisotopic (exact) mass is 256 g/mol. The van der Waals surface area contributed by atoms with Crippen molar-refractivity contribution < 1.29 is 18.5 Å². The number of hydrogen-bond donors (Lipinski definition) is 0. The number of rotatable bonds is 5. The minimum absolute atomic E-state index is 0.167. The highest BCUT2D eigenvalue weighted by atomic mass is 32.2. The Hall–Kier alpha value is -1.90. The lowest BCUT2D eigenvalue weighted by Gasteiger charge is -1.94. The molecule has 0 aliphatic rings. The first-order valence-corrected chi connectivity index (χ1v) is 5.67. The molecule has 0 bridgehead atoms. The molecule has 9 heteroatoms. The molecule has 8 nitrogen and oxygen atoms in total. The van der Waals surface area contributed by atoms with Gasteiger partial charge in [-0.1, -0.05) is 22.0 Å². The summed E-state index contributed by atoms with van der Waals surface area (Å²) in [6.07, 6.45) is 1.30. The molecule has 0 saturated heterocycles. The van der Waals surface area contributed by atoms with E-state index in [0.29, 0.717) is 11.6 Å². The zero-order valence-electron chi connectivity index (χ0n) is 8.82. The molecule has 17 heavy (non-hydrogen) atoms. The summed E-state index contributed by atoms with van der Waals surface area (Å²) in [5.41, 5.74) is 0. The van der Waals surface area contributed by atoms with Crippen LogP contribution in [0.5, 0.6) is 0 Å². The zero-order chi connectivity index (χ0) is 12.1. The second-order valence-electron chi connectivity index (χ2n) is 2.72. The van der Waals surface area contributed by atoms with Gasteiger partial charge in [-0.2, -0.15) is 4.98 Å². The van der Waals surface area contributed by atoms with Gasteiger partial charge in [-0.05, 0) is 6.92 Å². The Morgan fingerprint density at radius 2 is 2.41 bits per heavy atom. The number of hydrogen-bond acceptors (Lipinski definition) is 9. The summed E-state index contributed by atoms with van der Waals surface area (Å²) in [5.74, 6) is 0.0279. The minimum Gasteiger partial charge on any atom is -0.459 e. The molecule has 2 aromatic heterocycles. The lowest BCUT2D eigenvalue weighted by molar-refractivity contribution is 0.0475. The maximum Gasteiger partial charge on any atom is 0.396 e. The topological polar surface area (TPSA) is 104 Å². The number of nitrogens with zero attached hydrogens (tertiary/aromatic N) is 4. The molecule has 0 aliphatic carbocycles. The van der Waals surface area contributed by atoms with E-state index in [1.54, 1.807) is 6.92 Å². The van der Waals surface area contributed by atoms with Crippen LogP contribution in [0.1, 0.15) is 23.5 Å². The predicted molar refractivity (Wildman–Crippen MR) is 54.1 cm³/mol. The number of thioether (sulfide) groups is 1. The molecule has 90 valence electrons. The van der Waals surface area contributed by atoms with Crippen LogP contribution in [-0.2, 0) is 10.5 Å². The van der Waals surface area contributed by atoms with Crippen molar-refractivity contribution in [2.45, 2.75) is 17.9 Å². The lowest BCUT2D eigenvalue weighted by Crippen LogP contribution is -2.04. The highest BCUT2D eigenvalue weighted by Gasteiger charge is 2.16. The quantitative estimate of drug-likeness (QED) is 0.570. The van der Waals surface area contributed by atoms with Crippen molar-refractivity contribution >= 4 is 17.7 Å². The van der Waals surface area contributed by atoms with Crippen molar-refractivity contribution in [1.29, 1.82) is 0 Å². The molecule has 2 heterocycles. The summed E-state index contributed by atoms with van der Waals surface area (Å²) in [7, 11) is 0. The molecule has 0 saturated carbocycles. The average Bonchev–Trinajstić information content (AvgIpc) is 2.98. The van der Waals surface area contributed by atoms with E-state index in [0.717, 1.165) is 0 Å². The first-order chi connectivity index (χ1) is 8.29. The second-order valence-corrected chi connectivity index (χ2v) is 3.64. The Bertz CT molecular complexity index is 483. The molecule has 0 N–H and O–H groups in total. The summed E-state index contributed by atoms with van der Waals surface area (Å²) >= 11 is 1.19. The second kappa shape index (κ2) is 5.43. The first-order valence-electron chi connectivity index (χ1n) is 4.68. The number of ether oxygens (including phenoxy) is 1. The van der Waals surface area contributed by atoms with Crippen LogP contribution in [0.25, 0.3) is 0 Å². The lowest BCUT2D eigenvalue weighted by atomic mass is 10.7. The van der Waals surface area contributed by atoms with E-state index >= 15 is 0 Å². The van der Waals surface area contributed by atoms with Gasteiger partial charge in [0.15, 0.2) is 6.33 Å². The number of carbonyl (C=O) groups is 1. The van der Waals surface area contributed by atoms with E-state index in [1.807, 2.05) is 0 Å². The smallest absolute Gasteiger partial charge is 0.396 e. The van der Waals surface area contributed by atoms with Gasteiger partial charge in [0.1, 0.15) is 0 Å². The van der Waals surface area contributed by atoms with E-state index in [9.17, 15) is 4.79 Å². The Morgan fingerprint density at radius 3 is 3.12 bits per heavy atom. The molecular formula is C8H8N4O4S. The Kier molecular flexibility index (Phi) is 3.70. The average molecular weight is 256 g/mol. The first kappa shape index (κ1) is 11.6. The zero-order valence-corrected chi connectivity index (χ0v) is 9.64. The van der Waals surface area contributed by atoms with E-state index in [-0.39, 0.29) is 17.7 Å². The summed E-state index contributed by atoms with van der Waals surface area (Å²) in [6, 6.07) is 0. The van der Waals surface area contributed by atoms with Gasteiger partial charge in [0.05, 0.1) is 12.4 Å². The Labute approximate surface area is 99.7 Å². The van der Waals surface area contributed by atoms with Gasteiger partial charge in [0.25, 0.3) is 5.22 Å². The van der Waals surface area contributed by atoms with Crippen molar-refractivity contribution in [1.82, 2.24) is 20.3 Å². The highest BCUT2D eigenvalue weighted by Crippen LogP contribution is 2.20. The molecule has 0 fully saturated rings. The highest BCUT2D eigenvalue weighted by molar-refractivity contribution is 7.98. The fourth-order valence-corrected chi connectivity index (χ4v) is 1.54. The van der Waals surface area contributed by atoms with Crippen LogP contribution < -0.4 is 0 Å². The van der Waals surface area contributed by atoms with Crippen LogP contribution in [-0.4, -0.2) is 32.9 Å². The van der Waals surface area contributed by atoms with Crippen LogP contribution in [0.2, 0.25) is 0 Å². The van der Waals surface area contributed by atoms with Gasteiger partial charge >= 0.3 is 11.9 Å². The molecule has 2 rings (SSSR count). The van der Waals surface area contributed by atoms with Gasteiger partial charge in [0, 0.05) is 0 Å². The van der Waals surface area contributed by atoms with Crippen LogP contribution in [0.15, 0.2) is 20.5 Å². The molecule has 0 aliphatic heterocycles. The van der Waals surface area contributed by atoms with E-state index < -0.39 is 5.97 Å². The van der Waals surface area contributed by atoms with Crippen LogP contribution in [0, 0.1) is 0 Å². The van der Waals surface area contributed by atoms with Crippen LogP contribution in [0.4, 0.5) is 0 Å². The molecule has 0 aromatic carbocycles. The Balaban J connectivity index is 1.92. The molecule has 0 spiro atoms. The van der Waals surface area contributed by atoms with Crippen LogP contribution >= 0.6 is 11.8 Å². The summed E-state index contributed by atoms with van der Waals surface area (Å²) < 4.78 is 14.6. The van der Waals surface area contributed by atoms with E-state index in [1.165, 1.54) is 18.1 Å². The number of esters is 1. The maximum atomic E-state index is 11.2. The molecule has 0 unspecified atom stereocenters. The van der Waals surface area contributed by atoms with Gasteiger partial charge in [-0.3, -0.25) is 0 Å². The van der Waals surface area contributed by atoms with Crippen molar-refractivity contribution in [2.75, 3.05) is 6.61 Å². The van der Waals surface area contributed by atoms with Gasteiger partial charge in [0.2, 0.25) is 5.89 Å². The summed E-state index contributed by atoms with van der Waals surface area (Å²) in [4.78, 5) is 15.0.